The van der Waals surface area contributed by atoms with Gasteiger partial charge in [0.1, 0.15) is 11.5 Å². The van der Waals surface area contributed by atoms with Gasteiger partial charge in [0.15, 0.2) is 0 Å². The van der Waals surface area contributed by atoms with Gasteiger partial charge in [-0.2, -0.15) is 0 Å². The molecule has 108 valence electrons. The number of rotatable bonds is 3. The molecule has 1 aliphatic rings. The van der Waals surface area contributed by atoms with E-state index in [1.165, 1.54) is 0 Å². The van der Waals surface area contributed by atoms with E-state index < -0.39 is 0 Å². The number of halogens is 1. The van der Waals surface area contributed by atoms with Crippen molar-refractivity contribution in [2.75, 3.05) is 0 Å². The number of amidine groups is 1. The predicted octanol–water partition coefficient (Wildman–Crippen LogP) is 3.81. The largest absolute Gasteiger partial charge is 0.305 e. The van der Waals surface area contributed by atoms with Crippen LogP contribution in [0, 0.1) is 0 Å². The molecule has 3 nitrogen and oxygen atoms in total. The average molecular weight is 309 g/mol. The average Bonchev–Trinajstić information content (AvgIpc) is 2.90. The molecular weight excluding hydrogens is 296 g/mol. The third-order valence-electron chi connectivity index (χ3n) is 3.16. The Labute approximate surface area is 133 Å². The zero-order chi connectivity index (χ0) is 15.4. The van der Waals surface area contributed by atoms with Crippen LogP contribution in [0.1, 0.15) is 11.1 Å². The van der Waals surface area contributed by atoms with E-state index >= 15 is 0 Å². The van der Waals surface area contributed by atoms with Gasteiger partial charge in [0.2, 0.25) is 0 Å². The molecule has 0 spiro atoms. The van der Waals surface area contributed by atoms with Crippen molar-refractivity contribution in [1.29, 1.82) is 0 Å². The van der Waals surface area contributed by atoms with Gasteiger partial charge < -0.3 is 5.32 Å². The molecule has 0 unspecified atom stereocenters. The third kappa shape index (κ3) is 3.32. The van der Waals surface area contributed by atoms with Gasteiger partial charge in [-0.3, -0.25) is 4.79 Å². The maximum atomic E-state index is 11.9. The van der Waals surface area contributed by atoms with E-state index in [9.17, 15) is 4.79 Å². The standard InChI is InChI=1S/C18H13ClN2O/c19-15-11-9-14(10-12-15)17-20-16(18(22)21-17)8-4-7-13-5-2-1-3-6-13/h1-12H,(H,20,21,22)/b7-4+,16-8-. The van der Waals surface area contributed by atoms with E-state index in [0.29, 0.717) is 16.6 Å². The second-order valence-corrected chi connectivity index (χ2v) is 5.18. The molecule has 0 aromatic heterocycles. The number of benzene rings is 2. The molecule has 0 radical (unpaired) electrons. The highest BCUT2D eigenvalue weighted by Gasteiger charge is 2.20. The Morgan fingerprint density at radius 2 is 1.73 bits per heavy atom. The van der Waals surface area contributed by atoms with Crippen LogP contribution in [-0.4, -0.2) is 11.7 Å². The Kier molecular flexibility index (Phi) is 4.17. The minimum Gasteiger partial charge on any atom is -0.305 e. The Morgan fingerprint density at radius 1 is 1.00 bits per heavy atom. The first-order valence-corrected chi connectivity index (χ1v) is 7.19. The first-order valence-electron chi connectivity index (χ1n) is 6.82. The van der Waals surface area contributed by atoms with Gasteiger partial charge in [-0.05, 0) is 35.9 Å². The molecule has 4 heteroatoms. The summed E-state index contributed by atoms with van der Waals surface area (Å²) in [6.07, 6.45) is 5.44. The van der Waals surface area contributed by atoms with Gasteiger partial charge in [-0.1, -0.05) is 54.1 Å². The van der Waals surface area contributed by atoms with Crippen LogP contribution in [-0.2, 0) is 4.79 Å². The van der Waals surface area contributed by atoms with Crippen molar-refractivity contribution in [3.63, 3.8) is 0 Å². The Bertz CT molecular complexity index is 774. The van der Waals surface area contributed by atoms with Crippen molar-refractivity contribution in [2.45, 2.75) is 0 Å². The van der Waals surface area contributed by atoms with Crippen molar-refractivity contribution in [1.82, 2.24) is 5.32 Å². The SMILES string of the molecule is O=C1NC(c2ccc(Cl)cc2)=N/C1=C\C=C\c1ccccc1. The van der Waals surface area contributed by atoms with Gasteiger partial charge in [0.25, 0.3) is 5.91 Å². The lowest BCUT2D eigenvalue weighted by molar-refractivity contribution is -0.115. The molecule has 0 fully saturated rings. The number of nitrogens with one attached hydrogen (secondary N) is 1. The van der Waals surface area contributed by atoms with Crippen molar-refractivity contribution in [3.8, 4) is 0 Å². The van der Waals surface area contributed by atoms with Gasteiger partial charge in [-0.25, -0.2) is 4.99 Å². The normalized spacial score (nSPS) is 16.1. The molecule has 0 aliphatic carbocycles. The first kappa shape index (κ1) is 14.3. The summed E-state index contributed by atoms with van der Waals surface area (Å²) in [6, 6.07) is 17.1. The number of carbonyl (C=O) groups excluding carboxylic acids is 1. The summed E-state index contributed by atoms with van der Waals surface area (Å²) >= 11 is 5.85. The highest BCUT2D eigenvalue weighted by atomic mass is 35.5. The number of aliphatic imine (C=N–C) groups is 1. The molecule has 1 heterocycles. The highest BCUT2D eigenvalue weighted by Crippen LogP contribution is 2.14. The third-order valence-corrected chi connectivity index (χ3v) is 3.41. The molecule has 2 aromatic carbocycles. The fourth-order valence-electron chi connectivity index (χ4n) is 2.04. The lowest BCUT2D eigenvalue weighted by Crippen LogP contribution is -2.24. The Balaban J connectivity index is 1.79. The summed E-state index contributed by atoms with van der Waals surface area (Å²) in [7, 11) is 0. The second-order valence-electron chi connectivity index (χ2n) is 4.74. The minimum absolute atomic E-state index is 0.206. The molecule has 0 bridgehead atoms. The van der Waals surface area contributed by atoms with Crippen LogP contribution in [0.5, 0.6) is 0 Å². The number of allylic oxidation sites excluding steroid dienone is 2. The van der Waals surface area contributed by atoms with E-state index in [-0.39, 0.29) is 5.91 Å². The minimum atomic E-state index is -0.206. The fraction of sp³-hybridized carbons (Fsp3) is 0. The van der Waals surface area contributed by atoms with E-state index in [1.807, 2.05) is 54.6 Å². The molecule has 1 N–H and O–H groups in total. The molecule has 0 saturated carbocycles. The smallest absolute Gasteiger partial charge is 0.275 e. The van der Waals surface area contributed by atoms with Gasteiger partial charge in [0, 0.05) is 10.6 Å². The van der Waals surface area contributed by atoms with Crippen molar-refractivity contribution in [3.05, 3.63) is 88.6 Å². The number of carbonyl (C=O) groups is 1. The summed E-state index contributed by atoms with van der Waals surface area (Å²) in [5, 5.41) is 3.40. The Morgan fingerprint density at radius 3 is 2.45 bits per heavy atom. The number of amides is 1. The van der Waals surface area contributed by atoms with Gasteiger partial charge in [0.05, 0.1) is 0 Å². The van der Waals surface area contributed by atoms with Crippen molar-refractivity contribution in [2.24, 2.45) is 4.99 Å². The van der Waals surface area contributed by atoms with Crippen LogP contribution in [0.3, 0.4) is 0 Å². The Hall–Kier alpha value is -2.65. The fourth-order valence-corrected chi connectivity index (χ4v) is 2.17. The lowest BCUT2D eigenvalue weighted by Gasteiger charge is -1.99. The highest BCUT2D eigenvalue weighted by molar-refractivity contribution is 6.30. The summed E-state index contributed by atoms with van der Waals surface area (Å²) in [6.45, 7) is 0. The number of hydrogen-bond donors (Lipinski definition) is 1. The molecule has 1 amide bonds. The molecule has 1 aliphatic heterocycles. The molecule has 0 saturated heterocycles. The zero-order valence-electron chi connectivity index (χ0n) is 11.7. The summed E-state index contributed by atoms with van der Waals surface area (Å²) in [5.41, 5.74) is 2.28. The van der Waals surface area contributed by atoms with E-state index in [1.54, 1.807) is 18.2 Å². The molecule has 22 heavy (non-hydrogen) atoms. The van der Waals surface area contributed by atoms with Gasteiger partial charge >= 0.3 is 0 Å². The van der Waals surface area contributed by atoms with Crippen molar-refractivity contribution >= 4 is 29.4 Å². The molecular formula is C18H13ClN2O. The zero-order valence-corrected chi connectivity index (χ0v) is 12.4. The van der Waals surface area contributed by atoms with Crippen molar-refractivity contribution < 1.29 is 4.79 Å². The topological polar surface area (TPSA) is 41.5 Å². The quantitative estimate of drug-likeness (QED) is 0.861. The van der Waals surface area contributed by atoms with Crippen LogP contribution in [0.15, 0.2) is 77.4 Å². The maximum absolute atomic E-state index is 11.9. The predicted molar refractivity (Wildman–Crippen MR) is 89.7 cm³/mol. The van der Waals surface area contributed by atoms with Crippen LogP contribution < -0.4 is 5.32 Å². The first-order chi connectivity index (χ1) is 10.7. The van der Waals surface area contributed by atoms with Crippen LogP contribution in [0.4, 0.5) is 0 Å². The number of nitrogens with zero attached hydrogens (tertiary/aromatic N) is 1. The molecule has 2 aromatic rings. The summed E-state index contributed by atoms with van der Waals surface area (Å²) in [4.78, 5) is 16.2. The maximum Gasteiger partial charge on any atom is 0.275 e. The van der Waals surface area contributed by atoms with Crippen LogP contribution >= 0.6 is 11.6 Å². The van der Waals surface area contributed by atoms with Gasteiger partial charge in [-0.15, -0.1) is 0 Å². The summed E-state index contributed by atoms with van der Waals surface area (Å²) < 4.78 is 0. The van der Waals surface area contributed by atoms with E-state index in [4.69, 9.17) is 11.6 Å². The van der Waals surface area contributed by atoms with Crippen LogP contribution in [0.25, 0.3) is 6.08 Å². The lowest BCUT2D eigenvalue weighted by atomic mass is 10.2. The van der Waals surface area contributed by atoms with E-state index in [0.717, 1.165) is 11.1 Å². The monoisotopic (exact) mass is 308 g/mol. The summed E-state index contributed by atoms with van der Waals surface area (Å²) in [5.74, 6) is 0.337. The number of hydrogen-bond acceptors (Lipinski definition) is 2. The van der Waals surface area contributed by atoms with Crippen LogP contribution in [0.2, 0.25) is 5.02 Å². The molecule has 3 rings (SSSR count). The molecule has 0 atom stereocenters. The second kappa shape index (κ2) is 6.41. The van der Waals surface area contributed by atoms with E-state index in [2.05, 4.69) is 10.3 Å².